The molecule has 2 heteroatoms. The van der Waals surface area contributed by atoms with Crippen molar-refractivity contribution in [1.29, 1.82) is 0 Å². The highest BCUT2D eigenvalue weighted by atomic mass is 16.3. The van der Waals surface area contributed by atoms with E-state index in [-0.39, 0.29) is 17.4 Å². The monoisotopic (exact) mass is 241 g/mol. The minimum atomic E-state index is 0.191. The van der Waals surface area contributed by atoms with E-state index in [0.717, 1.165) is 17.5 Å². The molecular formula is C16H17O2. The van der Waals surface area contributed by atoms with Gasteiger partial charge in [0.15, 0.2) is 0 Å². The summed E-state index contributed by atoms with van der Waals surface area (Å²) in [5, 5.41) is 18.7. The highest BCUT2D eigenvalue weighted by Gasteiger charge is 2.13. The van der Waals surface area contributed by atoms with E-state index >= 15 is 0 Å². The molecule has 0 aliphatic rings. The average molecular weight is 241 g/mol. The predicted molar refractivity (Wildman–Crippen MR) is 72.6 cm³/mol. The maximum absolute atomic E-state index is 9.33. The van der Waals surface area contributed by atoms with E-state index in [0.29, 0.717) is 0 Å². The fourth-order valence-corrected chi connectivity index (χ4v) is 2.06. The Morgan fingerprint density at radius 2 is 1.22 bits per heavy atom. The van der Waals surface area contributed by atoms with Crippen molar-refractivity contribution < 1.29 is 10.2 Å². The van der Waals surface area contributed by atoms with Crippen LogP contribution in [0.2, 0.25) is 0 Å². The molecule has 0 aromatic heterocycles. The summed E-state index contributed by atoms with van der Waals surface area (Å²) in [5.74, 6) is 0.746. The Bertz CT molecular complexity index is 440. The summed E-state index contributed by atoms with van der Waals surface area (Å²) < 4.78 is 0. The van der Waals surface area contributed by atoms with E-state index in [1.807, 2.05) is 24.3 Å². The van der Waals surface area contributed by atoms with Crippen molar-refractivity contribution in [2.75, 3.05) is 0 Å². The van der Waals surface area contributed by atoms with E-state index in [2.05, 4.69) is 13.3 Å². The minimum Gasteiger partial charge on any atom is -0.508 e. The quantitative estimate of drug-likeness (QED) is 0.853. The second-order valence-corrected chi connectivity index (χ2v) is 4.30. The van der Waals surface area contributed by atoms with E-state index < -0.39 is 0 Å². The smallest absolute Gasteiger partial charge is 0.115 e. The molecule has 0 saturated carbocycles. The van der Waals surface area contributed by atoms with Crippen LogP contribution in [0.4, 0.5) is 0 Å². The molecule has 93 valence electrons. The first-order chi connectivity index (χ1) is 8.70. The first kappa shape index (κ1) is 12.5. The van der Waals surface area contributed by atoms with Gasteiger partial charge < -0.3 is 10.2 Å². The Morgan fingerprint density at radius 1 is 0.833 bits per heavy atom. The largest absolute Gasteiger partial charge is 0.508 e. The zero-order valence-corrected chi connectivity index (χ0v) is 10.4. The van der Waals surface area contributed by atoms with Crippen molar-refractivity contribution in [2.24, 2.45) is 0 Å². The van der Waals surface area contributed by atoms with Crippen LogP contribution in [-0.2, 0) is 0 Å². The summed E-state index contributed by atoms with van der Waals surface area (Å²) in [6.45, 7) is 2.10. The number of rotatable bonds is 4. The molecule has 0 unspecified atom stereocenters. The summed E-state index contributed by atoms with van der Waals surface area (Å²) in [4.78, 5) is 0. The number of aromatic hydroxyl groups is 2. The lowest BCUT2D eigenvalue weighted by atomic mass is 9.87. The molecule has 2 N–H and O–H groups in total. The molecular weight excluding hydrogens is 224 g/mol. The molecule has 0 saturated heterocycles. The zero-order chi connectivity index (χ0) is 13.0. The predicted octanol–water partition coefficient (Wildman–Crippen LogP) is 3.84. The van der Waals surface area contributed by atoms with Gasteiger partial charge in [0, 0.05) is 5.92 Å². The van der Waals surface area contributed by atoms with E-state index in [1.165, 1.54) is 0 Å². The molecule has 0 amide bonds. The van der Waals surface area contributed by atoms with Gasteiger partial charge in [0.25, 0.3) is 0 Å². The fraction of sp³-hybridized carbons (Fsp3) is 0.188. The van der Waals surface area contributed by atoms with E-state index in [1.54, 1.807) is 24.3 Å². The number of benzene rings is 2. The van der Waals surface area contributed by atoms with Gasteiger partial charge in [-0.2, -0.15) is 0 Å². The van der Waals surface area contributed by atoms with Gasteiger partial charge in [0.05, 0.1) is 0 Å². The SMILES string of the molecule is CC[CH]C(c1ccc(O)cc1)c1ccc(O)cc1. The molecule has 2 aromatic rings. The van der Waals surface area contributed by atoms with Crippen LogP contribution in [0.15, 0.2) is 48.5 Å². The normalized spacial score (nSPS) is 10.8. The number of phenolic OH excluding ortho intramolecular Hbond substituents is 2. The maximum Gasteiger partial charge on any atom is 0.115 e. The van der Waals surface area contributed by atoms with Crippen LogP contribution in [0.3, 0.4) is 0 Å². The van der Waals surface area contributed by atoms with Gasteiger partial charge in [-0.1, -0.05) is 37.6 Å². The summed E-state index contributed by atoms with van der Waals surface area (Å²) >= 11 is 0. The van der Waals surface area contributed by atoms with Crippen molar-refractivity contribution in [1.82, 2.24) is 0 Å². The molecule has 0 bridgehead atoms. The van der Waals surface area contributed by atoms with E-state index in [4.69, 9.17) is 0 Å². The van der Waals surface area contributed by atoms with Gasteiger partial charge >= 0.3 is 0 Å². The third-order valence-corrected chi connectivity index (χ3v) is 2.98. The molecule has 0 fully saturated rings. The lowest BCUT2D eigenvalue weighted by Gasteiger charge is -2.17. The van der Waals surface area contributed by atoms with Gasteiger partial charge in [-0.25, -0.2) is 0 Å². The Kier molecular flexibility index (Phi) is 3.88. The second kappa shape index (κ2) is 5.58. The van der Waals surface area contributed by atoms with Crippen LogP contribution < -0.4 is 0 Å². The Labute approximate surface area is 108 Å². The Morgan fingerprint density at radius 3 is 1.56 bits per heavy atom. The summed E-state index contributed by atoms with van der Waals surface area (Å²) in [6, 6.07) is 14.5. The van der Waals surface area contributed by atoms with Crippen LogP contribution in [0.5, 0.6) is 11.5 Å². The number of hydrogen-bond donors (Lipinski definition) is 2. The lowest BCUT2D eigenvalue weighted by molar-refractivity contribution is 0.475. The average Bonchev–Trinajstić information content (AvgIpc) is 2.39. The molecule has 18 heavy (non-hydrogen) atoms. The lowest BCUT2D eigenvalue weighted by Crippen LogP contribution is -2.01. The highest BCUT2D eigenvalue weighted by molar-refractivity contribution is 5.39. The number of phenols is 2. The Hall–Kier alpha value is -1.96. The van der Waals surface area contributed by atoms with Crippen LogP contribution in [0.25, 0.3) is 0 Å². The van der Waals surface area contributed by atoms with Gasteiger partial charge in [-0.15, -0.1) is 0 Å². The van der Waals surface area contributed by atoms with Crippen LogP contribution in [-0.4, -0.2) is 10.2 Å². The van der Waals surface area contributed by atoms with Crippen LogP contribution in [0.1, 0.15) is 30.4 Å². The van der Waals surface area contributed by atoms with Crippen molar-refractivity contribution in [3.05, 3.63) is 66.1 Å². The third kappa shape index (κ3) is 2.83. The molecule has 2 nitrogen and oxygen atoms in total. The van der Waals surface area contributed by atoms with Gasteiger partial charge in [-0.05, 0) is 41.8 Å². The molecule has 0 heterocycles. The van der Waals surface area contributed by atoms with Crippen molar-refractivity contribution in [2.45, 2.75) is 19.3 Å². The van der Waals surface area contributed by atoms with Crippen molar-refractivity contribution in [3.8, 4) is 11.5 Å². The molecule has 2 aromatic carbocycles. The first-order valence-electron chi connectivity index (χ1n) is 6.12. The molecule has 2 rings (SSSR count). The van der Waals surface area contributed by atoms with Crippen molar-refractivity contribution in [3.63, 3.8) is 0 Å². The molecule has 0 spiro atoms. The Balaban J connectivity index is 2.33. The molecule has 1 radical (unpaired) electrons. The summed E-state index contributed by atoms with van der Waals surface area (Å²) in [6.07, 6.45) is 3.19. The number of hydrogen-bond acceptors (Lipinski definition) is 2. The van der Waals surface area contributed by atoms with Gasteiger partial charge in [0.1, 0.15) is 11.5 Å². The molecule has 0 aliphatic carbocycles. The standard InChI is InChI=1S/C16H17O2/c1-2-3-16(12-4-8-14(17)9-5-12)13-6-10-15(18)11-7-13/h3-11,16-18H,2H2,1H3. The topological polar surface area (TPSA) is 40.5 Å². The van der Waals surface area contributed by atoms with Crippen LogP contribution >= 0.6 is 0 Å². The first-order valence-corrected chi connectivity index (χ1v) is 6.12. The maximum atomic E-state index is 9.33. The summed E-state index contributed by atoms with van der Waals surface area (Å²) in [5.41, 5.74) is 2.28. The van der Waals surface area contributed by atoms with Gasteiger partial charge in [-0.3, -0.25) is 0 Å². The fourth-order valence-electron chi connectivity index (χ4n) is 2.06. The third-order valence-electron chi connectivity index (χ3n) is 2.98. The summed E-state index contributed by atoms with van der Waals surface area (Å²) in [7, 11) is 0. The van der Waals surface area contributed by atoms with Crippen LogP contribution in [0, 0.1) is 6.42 Å². The van der Waals surface area contributed by atoms with Crippen molar-refractivity contribution >= 4 is 0 Å². The highest BCUT2D eigenvalue weighted by Crippen LogP contribution is 2.30. The van der Waals surface area contributed by atoms with Gasteiger partial charge in [0.2, 0.25) is 0 Å². The minimum absolute atomic E-state index is 0.191. The molecule has 0 aliphatic heterocycles. The zero-order valence-electron chi connectivity index (χ0n) is 10.4. The second-order valence-electron chi connectivity index (χ2n) is 4.30. The molecule has 0 atom stereocenters. The van der Waals surface area contributed by atoms with E-state index in [9.17, 15) is 10.2 Å².